The molecule has 45 heavy (non-hydrogen) atoms. The number of rotatable bonds is 33. The topological polar surface area (TPSA) is 124 Å². The summed E-state index contributed by atoms with van der Waals surface area (Å²) in [5.74, 6) is -1.46. The normalized spacial score (nSPS) is 14.3. The predicted molar refractivity (Wildman–Crippen MR) is 190 cm³/mol. The summed E-state index contributed by atoms with van der Waals surface area (Å²) in [4.78, 5) is 12.6. The van der Waals surface area contributed by atoms with Crippen LogP contribution in [-0.4, -0.2) is 53.1 Å². The molecular formula is C37H71NO6S. The lowest BCUT2D eigenvalue weighted by atomic mass is 10.0. The Labute approximate surface area is 277 Å². The first-order chi connectivity index (χ1) is 21.7. The van der Waals surface area contributed by atoms with Gasteiger partial charge in [-0.3, -0.25) is 9.35 Å². The molecule has 0 spiro atoms. The van der Waals surface area contributed by atoms with Gasteiger partial charge in [-0.25, -0.2) is 0 Å². The Hall–Kier alpha value is -1.22. The Morgan fingerprint density at radius 3 is 1.49 bits per heavy atom. The van der Waals surface area contributed by atoms with Crippen molar-refractivity contribution in [1.82, 2.24) is 5.32 Å². The number of aliphatic hydroxyl groups excluding tert-OH is 2. The fourth-order valence-corrected chi connectivity index (χ4v) is 6.37. The van der Waals surface area contributed by atoms with Crippen LogP contribution in [0, 0.1) is 0 Å². The number of hydrogen-bond donors (Lipinski definition) is 4. The second-order valence-corrected chi connectivity index (χ2v) is 14.5. The molecule has 0 saturated heterocycles. The van der Waals surface area contributed by atoms with Crippen LogP contribution in [0.2, 0.25) is 0 Å². The number of aliphatic hydroxyl groups is 2. The van der Waals surface area contributed by atoms with Gasteiger partial charge >= 0.3 is 0 Å². The maximum atomic E-state index is 12.6. The summed E-state index contributed by atoms with van der Waals surface area (Å²) in [5.41, 5.74) is 0. The van der Waals surface area contributed by atoms with Crippen molar-refractivity contribution in [2.45, 2.75) is 199 Å². The van der Waals surface area contributed by atoms with E-state index >= 15 is 0 Å². The van der Waals surface area contributed by atoms with Crippen molar-refractivity contribution in [3.8, 4) is 0 Å². The van der Waals surface area contributed by atoms with Crippen LogP contribution < -0.4 is 5.32 Å². The maximum Gasteiger partial charge on any atom is 0.266 e. The predicted octanol–water partition coefficient (Wildman–Crippen LogP) is 9.38. The third-order valence-electron chi connectivity index (χ3n) is 8.52. The smallest absolute Gasteiger partial charge is 0.266 e. The van der Waals surface area contributed by atoms with Crippen molar-refractivity contribution >= 4 is 16.0 Å². The van der Waals surface area contributed by atoms with E-state index in [1.807, 2.05) is 0 Å². The molecule has 0 aromatic rings. The van der Waals surface area contributed by atoms with E-state index < -0.39 is 40.0 Å². The minimum Gasteiger partial charge on any atom is -0.391 e. The summed E-state index contributed by atoms with van der Waals surface area (Å²) in [6.07, 6.45) is 34.7. The van der Waals surface area contributed by atoms with Gasteiger partial charge < -0.3 is 15.5 Å². The first-order valence-corrected chi connectivity index (χ1v) is 20.2. The average Bonchev–Trinajstić information content (AvgIpc) is 3.00. The highest BCUT2D eigenvalue weighted by Gasteiger charge is 2.28. The van der Waals surface area contributed by atoms with Gasteiger partial charge in [-0.2, -0.15) is 8.42 Å². The molecule has 0 aromatic carbocycles. The van der Waals surface area contributed by atoms with E-state index in [-0.39, 0.29) is 6.42 Å². The second kappa shape index (κ2) is 31.4. The molecule has 0 radical (unpaired) electrons. The summed E-state index contributed by atoms with van der Waals surface area (Å²) in [5, 5.41) is 23.4. The number of allylic oxidation sites excluding steroid dienone is 4. The highest BCUT2D eigenvalue weighted by Crippen LogP contribution is 2.15. The molecule has 7 nitrogen and oxygen atoms in total. The molecule has 0 aliphatic heterocycles. The van der Waals surface area contributed by atoms with Gasteiger partial charge in [0.15, 0.2) is 0 Å². The molecule has 0 bridgehead atoms. The zero-order valence-corrected chi connectivity index (χ0v) is 29.9. The number of carbonyl (C=O) groups excluding carboxylic acids is 1. The number of amides is 1. The highest BCUT2D eigenvalue weighted by atomic mass is 32.2. The third kappa shape index (κ3) is 31.2. The SMILES string of the molecule is CCCCC/C=C\C/C=C\CCCCCCCCC(O)C(=O)NC(CS(=O)(=O)O)C(O)CCCCCCCCCCCCCC. The lowest BCUT2D eigenvalue weighted by Crippen LogP contribution is -2.50. The lowest BCUT2D eigenvalue weighted by molar-refractivity contribution is -0.131. The molecule has 0 aliphatic carbocycles. The van der Waals surface area contributed by atoms with Crippen molar-refractivity contribution < 1.29 is 28.0 Å². The minimum atomic E-state index is -4.40. The molecule has 1 amide bonds. The molecule has 0 rings (SSSR count). The van der Waals surface area contributed by atoms with Crippen LogP contribution in [0.25, 0.3) is 0 Å². The van der Waals surface area contributed by atoms with Crippen molar-refractivity contribution in [3.63, 3.8) is 0 Å². The molecule has 3 unspecified atom stereocenters. The van der Waals surface area contributed by atoms with E-state index in [1.54, 1.807) is 0 Å². The third-order valence-corrected chi connectivity index (χ3v) is 9.30. The molecular weight excluding hydrogens is 586 g/mol. The Morgan fingerprint density at radius 2 is 1.00 bits per heavy atom. The number of unbranched alkanes of at least 4 members (excludes halogenated alkanes) is 20. The quantitative estimate of drug-likeness (QED) is 0.0317. The average molecular weight is 658 g/mol. The number of hydrogen-bond acceptors (Lipinski definition) is 5. The van der Waals surface area contributed by atoms with E-state index in [0.29, 0.717) is 19.3 Å². The maximum absolute atomic E-state index is 12.6. The van der Waals surface area contributed by atoms with Gasteiger partial charge in [0, 0.05) is 0 Å². The highest BCUT2D eigenvalue weighted by molar-refractivity contribution is 7.85. The Morgan fingerprint density at radius 1 is 0.600 bits per heavy atom. The van der Waals surface area contributed by atoms with E-state index in [4.69, 9.17) is 0 Å². The van der Waals surface area contributed by atoms with Gasteiger partial charge in [0.25, 0.3) is 10.1 Å². The summed E-state index contributed by atoms with van der Waals surface area (Å²) in [7, 11) is -4.40. The van der Waals surface area contributed by atoms with Crippen LogP contribution in [0.5, 0.6) is 0 Å². The van der Waals surface area contributed by atoms with Crippen molar-refractivity contribution in [2.75, 3.05) is 5.75 Å². The van der Waals surface area contributed by atoms with Crippen molar-refractivity contribution in [2.24, 2.45) is 0 Å². The summed E-state index contributed by atoms with van der Waals surface area (Å²) >= 11 is 0. The summed E-state index contributed by atoms with van der Waals surface area (Å²) < 4.78 is 32.4. The Kier molecular flexibility index (Phi) is 30.5. The van der Waals surface area contributed by atoms with Crippen molar-refractivity contribution in [1.29, 1.82) is 0 Å². The monoisotopic (exact) mass is 658 g/mol. The molecule has 0 aromatic heterocycles. The molecule has 4 N–H and O–H groups in total. The van der Waals surface area contributed by atoms with Gasteiger partial charge in [0.2, 0.25) is 5.91 Å². The van der Waals surface area contributed by atoms with Crippen LogP contribution in [0.1, 0.15) is 181 Å². The summed E-state index contributed by atoms with van der Waals surface area (Å²) in [6.45, 7) is 4.46. The molecule has 3 atom stereocenters. The molecule has 266 valence electrons. The molecule has 0 fully saturated rings. The van der Waals surface area contributed by atoms with Gasteiger partial charge in [-0.1, -0.05) is 160 Å². The first kappa shape index (κ1) is 43.8. The van der Waals surface area contributed by atoms with Gasteiger partial charge in [0.05, 0.1) is 17.9 Å². The zero-order valence-electron chi connectivity index (χ0n) is 29.1. The van der Waals surface area contributed by atoms with Crippen LogP contribution in [0.4, 0.5) is 0 Å². The molecule has 0 heterocycles. The van der Waals surface area contributed by atoms with Crippen LogP contribution in [-0.2, 0) is 14.9 Å². The van der Waals surface area contributed by atoms with Gasteiger partial charge in [-0.05, 0) is 44.9 Å². The van der Waals surface area contributed by atoms with Crippen LogP contribution in [0.15, 0.2) is 24.3 Å². The van der Waals surface area contributed by atoms with E-state index in [1.165, 1.54) is 83.5 Å². The standard InChI is InChI=1S/C37H71NO6S/c1-3-5-7-9-11-13-15-17-18-19-20-22-24-26-28-30-32-36(40)37(41)38-34(33-45(42,43)44)35(39)31-29-27-25-23-21-16-14-12-10-8-6-4-2/h11,13,17-18,34-36,39-40H,3-10,12,14-16,19-33H2,1-2H3,(H,38,41)(H,42,43,44)/b13-11-,18-17-. The number of carbonyl (C=O) groups is 1. The van der Waals surface area contributed by atoms with E-state index in [2.05, 4.69) is 43.5 Å². The Balaban J connectivity index is 4.06. The molecule has 0 saturated carbocycles. The fraction of sp³-hybridized carbons (Fsp3) is 0.865. The minimum absolute atomic E-state index is 0.286. The van der Waals surface area contributed by atoms with Crippen LogP contribution in [0.3, 0.4) is 0 Å². The largest absolute Gasteiger partial charge is 0.391 e. The lowest BCUT2D eigenvalue weighted by Gasteiger charge is -2.24. The number of nitrogens with one attached hydrogen (secondary N) is 1. The Bertz CT molecular complexity index is 829. The summed E-state index contributed by atoms with van der Waals surface area (Å²) in [6, 6.07) is -1.15. The molecule has 0 aliphatic rings. The van der Waals surface area contributed by atoms with Gasteiger partial charge in [-0.15, -0.1) is 0 Å². The van der Waals surface area contributed by atoms with Crippen LogP contribution >= 0.6 is 0 Å². The van der Waals surface area contributed by atoms with E-state index in [0.717, 1.165) is 57.8 Å². The molecule has 8 heteroatoms. The van der Waals surface area contributed by atoms with Gasteiger partial charge in [0.1, 0.15) is 6.10 Å². The zero-order chi connectivity index (χ0) is 33.4. The second-order valence-electron chi connectivity index (χ2n) is 13.0. The van der Waals surface area contributed by atoms with E-state index in [9.17, 15) is 28.0 Å². The first-order valence-electron chi connectivity index (χ1n) is 18.6. The van der Waals surface area contributed by atoms with Crippen molar-refractivity contribution in [3.05, 3.63) is 24.3 Å². The fourth-order valence-electron chi connectivity index (χ4n) is 5.61.